The Balaban J connectivity index is 1.83. The van der Waals surface area contributed by atoms with E-state index in [0.29, 0.717) is 17.1 Å². The Bertz CT molecular complexity index is 957. The van der Waals surface area contributed by atoms with Crippen molar-refractivity contribution in [2.75, 3.05) is 10.6 Å². The minimum Gasteiger partial charge on any atom is -0.344 e. The summed E-state index contributed by atoms with van der Waals surface area (Å²) in [7, 11) is 0. The Morgan fingerprint density at radius 1 is 0.800 bits per heavy atom. The van der Waals surface area contributed by atoms with E-state index >= 15 is 0 Å². The van der Waals surface area contributed by atoms with E-state index in [1.165, 1.54) is 6.92 Å². The number of hydrogen-bond donors (Lipinski definition) is 4. The van der Waals surface area contributed by atoms with Crippen LogP contribution in [0.5, 0.6) is 0 Å². The van der Waals surface area contributed by atoms with Gasteiger partial charge in [0, 0.05) is 19.2 Å². The number of anilines is 2. The summed E-state index contributed by atoms with van der Waals surface area (Å²) < 4.78 is 0. The molecule has 0 saturated carbocycles. The lowest BCUT2D eigenvalue weighted by atomic mass is 10.2. The number of carbonyl (C=O) groups excluding carboxylic acids is 4. The van der Waals surface area contributed by atoms with Gasteiger partial charge in [0.2, 0.25) is 11.8 Å². The second kappa shape index (κ2) is 11.1. The zero-order valence-electron chi connectivity index (χ0n) is 16.7. The monoisotopic (exact) mass is 409 g/mol. The Hall–Kier alpha value is -4.01. The molecule has 156 valence electrons. The summed E-state index contributed by atoms with van der Waals surface area (Å²) in [6, 6.07) is 15.9. The topological polar surface area (TPSA) is 129 Å². The van der Waals surface area contributed by atoms with Crippen LogP contribution in [-0.4, -0.2) is 29.3 Å². The molecule has 0 unspecified atom stereocenters. The Morgan fingerprint density at radius 2 is 1.40 bits per heavy atom. The maximum Gasteiger partial charge on any atom is 0.329 e. The summed E-state index contributed by atoms with van der Waals surface area (Å²) in [5.74, 6) is -2.41. The molecule has 0 aliphatic heterocycles. The van der Waals surface area contributed by atoms with Gasteiger partial charge in [-0.15, -0.1) is 0 Å². The Labute approximate surface area is 173 Å². The van der Waals surface area contributed by atoms with Gasteiger partial charge < -0.3 is 16.0 Å². The number of carbonyl (C=O) groups is 4. The van der Waals surface area contributed by atoms with Crippen molar-refractivity contribution < 1.29 is 19.2 Å². The van der Waals surface area contributed by atoms with E-state index in [1.807, 2.05) is 30.3 Å². The second-order valence-corrected chi connectivity index (χ2v) is 6.41. The average molecular weight is 409 g/mol. The van der Waals surface area contributed by atoms with Crippen LogP contribution in [0.4, 0.5) is 11.4 Å². The second-order valence-electron chi connectivity index (χ2n) is 6.41. The molecule has 2 aromatic carbocycles. The Kier molecular flexibility index (Phi) is 8.25. The van der Waals surface area contributed by atoms with Gasteiger partial charge in [0.1, 0.15) is 0 Å². The van der Waals surface area contributed by atoms with E-state index in [9.17, 15) is 19.2 Å². The van der Waals surface area contributed by atoms with Gasteiger partial charge in [0.15, 0.2) is 0 Å². The van der Waals surface area contributed by atoms with Gasteiger partial charge in [-0.05, 0) is 24.6 Å². The van der Waals surface area contributed by atoms with Crippen molar-refractivity contribution >= 4 is 40.7 Å². The molecule has 2 aromatic rings. The van der Waals surface area contributed by atoms with E-state index < -0.39 is 17.7 Å². The normalized spacial score (nSPS) is 10.7. The highest BCUT2D eigenvalue weighted by molar-refractivity contribution is 6.35. The first-order valence-electron chi connectivity index (χ1n) is 9.17. The highest BCUT2D eigenvalue weighted by Gasteiger charge is 2.13. The third-order valence-corrected chi connectivity index (χ3v) is 3.78. The van der Waals surface area contributed by atoms with Crippen molar-refractivity contribution in [2.24, 2.45) is 5.10 Å². The smallest absolute Gasteiger partial charge is 0.329 e. The molecule has 0 radical (unpaired) electrons. The molecule has 9 heteroatoms. The molecule has 0 bridgehead atoms. The molecule has 0 aliphatic rings. The molecule has 4 amide bonds. The molecule has 9 nitrogen and oxygen atoms in total. The molecule has 0 fully saturated rings. The van der Waals surface area contributed by atoms with Crippen LogP contribution >= 0.6 is 0 Å². The fourth-order valence-corrected chi connectivity index (χ4v) is 2.41. The van der Waals surface area contributed by atoms with Gasteiger partial charge in [-0.2, -0.15) is 5.10 Å². The van der Waals surface area contributed by atoms with E-state index in [2.05, 4.69) is 26.5 Å². The number of para-hydroxylation sites is 2. The number of hydrazone groups is 1. The highest BCUT2D eigenvalue weighted by Crippen LogP contribution is 2.21. The zero-order chi connectivity index (χ0) is 21.9. The molecule has 0 aromatic heterocycles. The van der Waals surface area contributed by atoms with Crippen LogP contribution in [0.15, 0.2) is 59.7 Å². The molecule has 4 N–H and O–H groups in total. The number of amides is 4. The zero-order valence-corrected chi connectivity index (χ0v) is 16.7. The minimum atomic E-state index is -0.929. The van der Waals surface area contributed by atoms with Crippen LogP contribution in [-0.2, 0) is 25.7 Å². The molecule has 0 atom stereocenters. The third kappa shape index (κ3) is 7.55. The summed E-state index contributed by atoms with van der Waals surface area (Å²) in [6.07, 6.45) is -0.111. The maximum atomic E-state index is 12.2. The van der Waals surface area contributed by atoms with Crippen molar-refractivity contribution in [3.63, 3.8) is 0 Å². The molecule has 0 aliphatic carbocycles. The van der Waals surface area contributed by atoms with Gasteiger partial charge in [0.25, 0.3) is 0 Å². The molecule has 0 saturated heterocycles. The Morgan fingerprint density at radius 3 is 2.03 bits per heavy atom. The van der Waals surface area contributed by atoms with Crippen molar-refractivity contribution in [1.82, 2.24) is 10.7 Å². The van der Waals surface area contributed by atoms with Gasteiger partial charge in [-0.3, -0.25) is 19.2 Å². The largest absolute Gasteiger partial charge is 0.344 e. The SMILES string of the molecule is CC(=O)Nc1ccccc1NC(=O)C/C(C)=N/NC(=O)C(=O)NCc1ccccc1. The first-order valence-corrected chi connectivity index (χ1v) is 9.17. The van der Waals surface area contributed by atoms with E-state index in [0.717, 1.165) is 5.56 Å². The summed E-state index contributed by atoms with van der Waals surface area (Å²) in [5.41, 5.74) is 4.19. The lowest BCUT2D eigenvalue weighted by molar-refractivity contribution is -0.139. The van der Waals surface area contributed by atoms with E-state index in [-0.39, 0.29) is 18.9 Å². The fraction of sp³-hybridized carbons (Fsp3) is 0.190. The number of nitrogens with one attached hydrogen (secondary N) is 4. The van der Waals surface area contributed by atoms with Crippen molar-refractivity contribution in [3.05, 3.63) is 60.2 Å². The number of benzene rings is 2. The molecule has 30 heavy (non-hydrogen) atoms. The van der Waals surface area contributed by atoms with Gasteiger partial charge in [-0.1, -0.05) is 42.5 Å². The van der Waals surface area contributed by atoms with Crippen LogP contribution in [0, 0.1) is 0 Å². The van der Waals surface area contributed by atoms with Crippen LogP contribution in [0.2, 0.25) is 0 Å². The third-order valence-electron chi connectivity index (χ3n) is 3.78. The summed E-state index contributed by atoms with van der Waals surface area (Å²) in [5, 5.41) is 11.6. The lowest BCUT2D eigenvalue weighted by Crippen LogP contribution is -2.37. The first-order chi connectivity index (χ1) is 14.3. The van der Waals surface area contributed by atoms with E-state index in [4.69, 9.17) is 0 Å². The van der Waals surface area contributed by atoms with Crippen LogP contribution < -0.4 is 21.4 Å². The highest BCUT2D eigenvalue weighted by atomic mass is 16.2. The average Bonchev–Trinajstić information content (AvgIpc) is 2.72. The van der Waals surface area contributed by atoms with Gasteiger partial charge in [0.05, 0.1) is 17.8 Å². The van der Waals surface area contributed by atoms with Crippen LogP contribution in [0.25, 0.3) is 0 Å². The number of hydrogen-bond acceptors (Lipinski definition) is 5. The van der Waals surface area contributed by atoms with Crippen molar-refractivity contribution in [2.45, 2.75) is 26.8 Å². The maximum absolute atomic E-state index is 12.2. The summed E-state index contributed by atoms with van der Waals surface area (Å²) in [4.78, 5) is 47.1. The van der Waals surface area contributed by atoms with Gasteiger partial charge >= 0.3 is 11.8 Å². The first kappa shape index (κ1) is 22.3. The van der Waals surface area contributed by atoms with Crippen LogP contribution in [0.3, 0.4) is 0 Å². The predicted molar refractivity (Wildman–Crippen MR) is 114 cm³/mol. The molecular weight excluding hydrogens is 386 g/mol. The van der Waals surface area contributed by atoms with Crippen LogP contribution in [0.1, 0.15) is 25.8 Å². The predicted octanol–water partition coefficient (Wildman–Crippen LogP) is 1.78. The van der Waals surface area contributed by atoms with E-state index in [1.54, 1.807) is 31.2 Å². The lowest BCUT2D eigenvalue weighted by Gasteiger charge is -2.11. The summed E-state index contributed by atoms with van der Waals surface area (Å²) >= 11 is 0. The molecule has 2 rings (SSSR count). The molecular formula is C21H23N5O4. The fourth-order valence-electron chi connectivity index (χ4n) is 2.41. The molecule has 0 heterocycles. The van der Waals surface area contributed by atoms with Gasteiger partial charge in [-0.25, -0.2) is 5.43 Å². The number of nitrogens with zero attached hydrogens (tertiary/aromatic N) is 1. The summed E-state index contributed by atoms with van der Waals surface area (Å²) in [6.45, 7) is 3.13. The van der Waals surface area contributed by atoms with Crippen molar-refractivity contribution in [1.29, 1.82) is 0 Å². The minimum absolute atomic E-state index is 0.111. The number of rotatable bonds is 7. The standard InChI is InChI=1S/C21H23N5O4/c1-14(12-19(28)24-18-11-7-6-10-17(18)23-15(2)27)25-26-21(30)20(29)22-13-16-8-4-3-5-9-16/h3-11H,12-13H2,1-2H3,(H,22,29)(H,23,27)(H,24,28)(H,26,30)/b25-14+. The quantitative estimate of drug-likeness (QED) is 0.316. The van der Waals surface area contributed by atoms with Crippen molar-refractivity contribution in [3.8, 4) is 0 Å². The molecule has 0 spiro atoms.